The molecule has 1 aromatic heterocycles. The molecule has 1 aliphatic rings. The molecule has 0 spiro atoms. The van der Waals surface area contributed by atoms with E-state index in [4.69, 9.17) is 9.26 Å². The van der Waals surface area contributed by atoms with E-state index < -0.39 is 0 Å². The fraction of sp³-hybridized carbons (Fsp3) is 0.857. The van der Waals surface area contributed by atoms with Gasteiger partial charge in [0.2, 0.25) is 5.89 Å². The average Bonchev–Trinajstić information content (AvgIpc) is 2.75. The molecule has 19 heavy (non-hydrogen) atoms. The van der Waals surface area contributed by atoms with Crippen molar-refractivity contribution < 1.29 is 9.26 Å². The van der Waals surface area contributed by atoms with Crippen LogP contribution in [0.15, 0.2) is 4.52 Å². The normalized spacial score (nSPS) is 22.9. The van der Waals surface area contributed by atoms with Crippen molar-refractivity contribution in [3.05, 3.63) is 11.7 Å². The lowest BCUT2D eigenvalue weighted by atomic mass is 9.97. The average molecular weight is 267 g/mol. The third kappa shape index (κ3) is 4.01. The minimum Gasteiger partial charge on any atom is -0.378 e. The Bertz CT molecular complexity index is 392. The van der Waals surface area contributed by atoms with Crippen LogP contribution in [0.1, 0.15) is 44.9 Å². The predicted molar refractivity (Wildman–Crippen MR) is 72.8 cm³/mol. The van der Waals surface area contributed by atoms with Crippen molar-refractivity contribution in [3.63, 3.8) is 0 Å². The van der Waals surface area contributed by atoms with Crippen molar-refractivity contribution in [2.75, 3.05) is 26.3 Å². The van der Waals surface area contributed by atoms with E-state index in [0.717, 1.165) is 25.6 Å². The maximum atomic E-state index is 5.57. The Morgan fingerprint density at radius 1 is 1.37 bits per heavy atom. The molecule has 2 atom stereocenters. The van der Waals surface area contributed by atoms with Crippen LogP contribution in [-0.4, -0.2) is 41.3 Å². The number of nitrogens with zero attached hydrogens (tertiary/aromatic N) is 3. The summed E-state index contributed by atoms with van der Waals surface area (Å²) in [4.78, 5) is 6.77. The Balaban J connectivity index is 2.00. The molecule has 1 aliphatic heterocycles. The Kier molecular flexibility index (Phi) is 4.93. The van der Waals surface area contributed by atoms with Gasteiger partial charge in [-0.1, -0.05) is 25.9 Å². The van der Waals surface area contributed by atoms with Gasteiger partial charge in [0.1, 0.15) is 6.04 Å². The van der Waals surface area contributed by atoms with E-state index in [2.05, 4.69) is 35.8 Å². The summed E-state index contributed by atoms with van der Waals surface area (Å²) in [5.41, 5.74) is 0. The number of morpholine rings is 1. The molecule has 5 nitrogen and oxygen atoms in total. The van der Waals surface area contributed by atoms with Gasteiger partial charge in [-0.2, -0.15) is 4.98 Å². The summed E-state index contributed by atoms with van der Waals surface area (Å²) in [6.07, 6.45) is 1.24. The summed E-state index contributed by atoms with van der Waals surface area (Å²) in [5.74, 6) is 2.79. The molecule has 0 saturated carbocycles. The van der Waals surface area contributed by atoms with Crippen LogP contribution in [0.25, 0.3) is 0 Å². The monoisotopic (exact) mass is 267 g/mol. The zero-order valence-corrected chi connectivity index (χ0v) is 12.4. The molecule has 2 rings (SSSR count). The quantitative estimate of drug-likeness (QED) is 0.820. The molecule has 2 heterocycles. The molecule has 0 N–H and O–H groups in total. The van der Waals surface area contributed by atoms with Crippen LogP contribution in [0.5, 0.6) is 0 Å². The first-order valence-electron chi connectivity index (χ1n) is 7.18. The number of aryl methyl sites for hydroxylation is 1. The van der Waals surface area contributed by atoms with Gasteiger partial charge in [0, 0.05) is 13.1 Å². The first-order valence-corrected chi connectivity index (χ1v) is 7.18. The van der Waals surface area contributed by atoms with Gasteiger partial charge in [-0.25, -0.2) is 0 Å². The maximum Gasteiger partial charge on any atom is 0.246 e. The largest absolute Gasteiger partial charge is 0.378 e. The van der Waals surface area contributed by atoms with Crippen LogP contribution in [0.3, 0.4) is 0 Å². The van der Waals surface area contributed by atoms with Crippen LogP contribution in [0.2, 0.25) is 0 Å². The van der Waals surface area contributed by atoms with Crippen LogP contribution in [0, 0.1) is 18.8 Å². The fourth-order valence-electron chi connectivity index (χ4n) is 2.81. The van der Waals surface area contributed by atoms with Gasteiger partial charge in [-0.05, 0) is 25.2 Å². The van der Waals surface area contributed by atoms with Crippen molar-refractivity contribution in [2.45, 2.75) is 40.2 Å². The molecule has 1 fully saturated rings. The summed E-state index contributed by atoms with van der Waals surface area (Å²) in [6.45, 7) is 12.1. The van der Waals surface area contributed by atoms with Gasteiger partial charge in [0.05, 0.1) is 13.2 Å². The number of hydrogen-bond donors (Lipinski definition) is 0. The zero-order chi connectivity index (χ0) is 13.8. The Morgan fingerprint density at radius 3 is 2.79 bits per heavy atom. The van der Waals surface area contributed by atoms with E-state index in [1.807, 2.05) is 6.92 Å². The molecule has 108 valence electrons. The highest BCUT2D eigenvalue weighted by atomic mass is 16.5. The predicted octanol–water partition coefficient (Wildman–Crippen LogP) is 2.43. The molecule has 0 aliphatic carbocycles. The summed E-state index contributed by atoms with van der Waals surface area (Å²) in [5, 5.41) is 3.89. The SMILES string of the molecule is Cc1noc([C@H]2COCCN2C[C@H](C)CC(C)C)n1. The maximum absolute atomic E-state index is 5.57. The zero-order valence-electron chi connectivity index (χ0n) is 12.4. The summed E-state index contributed by atoms with van der Waals surface area (Å²) < 4.78 is 10.9. The smallest absolute Gasteiger partial charge is 0.246 e. The van der Waals surface area contributed by atoms with E-state index in [1.165, 1.54) is 6.42 Å². The highest BCUT2D eigenvalue weighted by molar-refractivity contribution is 4.94. The van der Waals surface area contributed by atoms with Crippen molar-refractivity contribution in [2.24, 2.45) is 11.8 Å². The molecule has 0 amide bonds. The first kappa shape index (κ1) is 14.5. The molecule has 0 bridgehead atoms. The summed E-state index contributed by atoms with van der Waals surface area (Å²) in [6, 6.07) is 0.115. The Hall–Kier alpha value is -0.940. The van der Waals surface area contributed by atoms with Gasteiger partial charge in [-0.15, -0.1) is 0 Å². The van der Waals surface area contributed by atoms with Crippen LogP contribution >= 0.6 is 0 Å². The van der Waals surface area contributed by atoms with Gasteiger partial charge in [0.15, 0.2) is 5.82 Å². The van der Waals surface area contributed by atoms with Crippen LogP contribution in [0.4, 0.5) is 0 Å². The first-order chi connectivity index (χ1) is 9.06. The van der Waals surface area contributed by atoms with Gasteiger partial charge >= 0.3 is 0 Å². The Labute approximate surface area is 115 Å². The number of hydrogen-bond acceptors (Lipinski definition) is 5. The molecule has 1 saturated heterocycles. The fourth-order valence-corrected chi connectivity index (χ4v) is 2.81. The van der Waals surface area contributed by atoms with Crippen molar-refractivity contribution in [1.82, 2.24) is 15.0 Å². The number of aromatic nitrogens is 2. The third-order valence-corrected chi connectivity index (χ3v) is 3.49. The number of rotatable bonds is 5. The van der Waals surface area contributed by atoms with E-state index >= 15 is 0 Å². The van der Waals surface area contributed by atoms with E-state index in [0.29, 0.717) is 24.2 Å². The second-order valence-electron chi connectivity index (χ2n) is 6.00. The summed E-state index contributed by atoms with van der Waals surface area (Å²) in [7, 11) is 0. The lowest BCUT2D eigenvalue weighted by molar-refractivity contribution is -0.0265. The molecule has 5 heteroatoms. The van der Waals surface area contributed by atoms with Crippen LogP contribution < -0.4 is 0 Å². The molecule has 0 aromatic carbocycles. The van der Waals surface area contributed by atoms with E-state index in [9.17, 15) is 0 Å². The van der Waals surface area contributed by atoms with Gasteiger partial charge < -0.3 is 9.26 Å². The van der Waals surface area contributed by atoms with Crippen molar-refractivity contribution in [3.8, 4) is 0 Å². The standard InChI is InChI=1S/C14H25N3O2/c1-10(2)7-11(3)8-17-5-6-18-9-13(17)14-15-12(4)16-19-14/h10-11,13H,5-9H2,1-4H3/t11-,13-/m1/s1. The number of ether oxygens (including phenoxy) is 1. The molecule has 0 radical (unpaired) electrons. The lowest BCUT2D eigenvalue weighted by Crippen LogP contribution is -2.42. The van der Waals surface area contributed by atoms with Crippen LogP contribution in [-0.2, 0) is 4.74 Å². The van der Waals surface area contributed by atoms with E-state index in [-0.39, 0.29) is 6.04 Å². The Morgan fingerprint density at radius 2 is 2.16 bits per heavy atom. The van der Waals surface area contributed by atoms with Gasteiger partial charge in [-0.3, -0.25) is 4.90 Å². The topological polar surface area (TPSA) is 51.4 Å². The van der Waals surface area contributed by atoms with Gasteiger partial charge in [0.25, 0.3) is 0 Å². The molecular formula is C14H25N3O2. The lowest BCUT2D eigenvalue weighted by Gasteiger charge is -2.35. The third-order valence-electron chi connectivity index (χ3n) is 3.49. The van der Waals surface area contributed by atoms with Crippen molar-refractivity contribution >= 4 is 0 Å². The molecule has 1 aromatic rings. The van der Waals surface area contributed by atoms with E-state index in [1.54, 1.807) is 0 Å². The minimum absolute atomic E-state index is 0.115. The molecular weight excluding hydrogens is 242 g/mol. The molecule has 0 unspecified atom stereocenters. The highest BCUT2D eigenvalue weighted by Gasteiger charge is 2.30. The highest BCUT2D eigenvalue weighted by Crippen LogP contribution is 2.25. The van der Waals surface area contributed by atoms with Crippen molar-refractivity contribution in [1.29, 1.82) is 0 Å². The second-order valence-corrected chi connectivity index (χ2v) is 6.00. The second kappa shape index (κ2) is 6.48. The summed E-state index contributed by atoms with van der Waals surface area (Å²) >= 11 is 0. The minimum atomic E-state index is 0.115.